The summed E-state index contributed by atoms with van der Waals surface area (Å²) in [6.07, 6.45) is 3.70. The first-order chi connectivity index (χ1) is 19.3. The number of nitrogens with zero attached hydrogens (tertiary/aromatic N) is 3. The first-order valence-corrected chi connectivity index (χ1v) is 16.8. The van der Waals surface area contributed by atoms with Gasteiger partial charge in [-0.3, -0.25) is 4.79 Å². The smallest absolute Gasteiger partial charge is 0.252 e. The SMILES string of the molecule is Cc1cccc(CC(=O)N=C2SC3CS(=O)(=O)CC3N2c2ccc(N3CCC(Cc4ccccc4)CC3)cc2)c1. The summed E-state index contributed by atoms with van der Waals surface area (Å²) in [5.41, 5.74) is 5.52. The second-order valence-electron chi connectivity index (χ2n) is 11.3. The van der Waals surface area contributed by atoms with Crippen molar-refractivity contribution in [2.24, 2.45) is 10.9 Å². The Kier molecular flexibility index (Phi) is 7.73. The summed E-state index contributed by atoms with van der Waals surface area (Å²) in [6.45, 7) is 4.06. The van der Waals surface area contributed by atoms with Crippen LogP contribution in [-0.2, 0) is 27.5 Å². The molecule has 3 aliphatic rings. The summed E-state index contributed by atoms with van der Waals surface area (Å²) in [5.74, 6) is 0.708. The number of aryl methyl sites for hydroxylation is 1. The van der Waals surface area contributed by atoms with Crippen LogP contribution in [0.25, 0.3) is 0 Å². The van der Waals surface area contributed by atoms with Crippen LogP contribution in [0.1, 0.15) is 29.5 Å². The normalized spacial score (nSPS) is 23.5. The molecule has 2 atom stereocenters. The van der Waals surface area contributed by atoms with E-state index >= 15 is 0 Å². The van der Waals surface area contributed by atoms with Gasteiger partial charge in [-0.1, -0.05) is 71.9 Å². The Morgan fingerprint density at radius 2 is 1.60 bits per heavy atom. The number of piperidine rings is 1. The van der Waals surface area contributed by atoms with E-state index in [9.17, 15) is 13.2 Å². The monoisotopic (exact) mass is 573 g/mol. The standard InChI is InChI=1S/C32H35N3O3S2/c1-23-6-5-9-26(18-23)20-31(36)33-32-35(29-21-40(37,38)22-30(29)39-32)28-12-10-27(11-13-28)34-16-14-25(15-17-34)19-24-7-3-2-4-8-24/h2-13,18,25,29-30H,14-17,19-22H2,1H3. The number of amidine groups is 1. The molecule has 3 aromatic rings. The molecule has 6 nitrogen and oxygen atoms in total. The highest BCUT2D eigenvalue weighted by molar-refractivity contribution is 8.16. The van der Waals surface area contributed by atoms with Crippen LogP contribution >= 0.6 is 11.8 Å². The molecular formula is C32H35N3O3S2. The fourth-order valence-electron chi connectivity index (χ4n) is 6.18. The van der Waals surface area contributed by atoms with Crippen molar-refractivity contribution in [2.75, 3.05) is 34.4 Å². The predicted molar refractivity (Wildman–Crippen MR) is 165 cm³/mol. The van der Waals surface area contributed by atoms with Gasteiger partial charge in [0.2, 0.25) is 0 Å². The van der Waals surface area contributed by atoms with Gasteiger partial charge in [0.1, 0.15) is 0 Å². The average molecular weight is 574 g/mol. The lowest BCUT2D eigenvalue weighted by molar-refractivity contribution is -0.117. The summed E-state index contributed by atoms with van der Waals surface area (Å²) in [5, 5.41) is 0.496. The third kappa shape index (κ3) is 6.13. The second-order valence-corrected chi connectivity index (χ2v) is 14.6. The van der Waals surface area contributed by atoms with Crippen LogP contribution in [0.4, 0.5) is 11.4 Å². The van der Waals surface area contributed by atoms with Gasteiger partial charge in [0, 0.05) is 29.7 Å². The van der Waals surface area contributed by atoms with E-state index in [0.717, 1.165) is 36.3 Å². The van der Waals surface area contributed by atoms with Gasteiger partial charge in [-0.15, -0.1) is 0 Å². The summed E-state index contributed by atoms with van der Waals surface area (Å²) in [6, 6.07) is 26.8. The lowest BCUT2D eigenvalue weighted by Gasteiger charge is -2.34. The number of benzene rings is 3. The number of carbonyl (C=O) groups is 1. The molecule has 3 saturated heterocycles. The van der Waals surface area contributed by atoms with Crippen molar-refractivity contribution in [3.05, 3.63) is 95.6 Å². The van der Waals surface area contributed by atoms with Crippen molar-refractivity contribution < 1.29 is 13.2 Å². The predicted octanol–water partition coefficient (Wildman–Crippen LogP) is 5.30. The number of aliphatic imine (C=N–C) groups is 1. The Labute approximate surface area is 241 Å². The maximum absolute atomic E-state index is 13.0. The van der Waals surface area contributed by atoms with Crippen molar-refractivity contribution in [3.63, 3.8) is 0 Å². The second kappa shape index (κ2) is 11.4. The first-order valence-electron chi connectivity index (χ1n) is 14.1. The van der Waals surface area contributed by atoms with Gasteiger partial charge in [0.25, 0.3) is 5.91 Å². The van der Waals surface area contributed by atoms with Crippen LogP contribution in [0.15, 0.2) is 83.9 Å². The molecular weight excluding hydrogens is 539 g/mol. The molecule has 3 aromatic carbocycles. The molecule has 3 aliphatic heterocycles. The Morgan fingerprint density at radius 3 is 2.33 bits per heavy atom. The van der Waals surface area contributed by atoms with Crippen molar-refractivity contribution >= 4 is 44.0 Å². The molecule has 6 rings (SSSR count). The molecule has 0 aromatic heterocycles. The van der Waals surface area contributed by atoms with Crippen molar-refractivity contribution in [2.45, 2.75) is 43.9 Å². The summed E-state index contributed by atoms with van der Waals surface area (Å²) in [4.78, 5) is 21.9. The number of fused-ring (bicyclic) bond motifs is 1. The van der Waals surface area contributed by atoms with E-state index < -0.39 is 9.84 Å². The molecule has 0 N–H and O–H groups in total. The molecule has 3 fully saturated rings. The van der Waals surface area contributed by atoms with Crippen LogP contribution in [0.3, 0.4) is 0 Å². The van der Waals surface area contributed by atoms with E-state index in [4.69, 9.17) is 0 Å². The van der Waals surface area contributed by atoms with Crippen LogP contribution < -0.4 is 9.80 Å². The van der Waals surface area contributed by atoms with E-state index in [0.29, 0.717) is 11.1 Å². The molecule has 208 valence electrons. The highest BCUT2D eigenvalue weighted by Crippen LogP contribution is 2.41. The van der Waals surface area contributed by atoms with E-state index in [1.165, 1.54) is 35.9 Å². The van der Waals surface area contributed by atoms with Gasteiger partial charge >= 0.3 is 0 Å². The zero-order valence-electron chi connectivity index (χ0n) is 22.8. The van der Waals surface area contributed by atoms with E-state index in [-0.39, 0.29) is 35.1 Å². The highest BCUT2D eigenvalue weighted by atomic mass is 32.2. The molecule has 0 aliphatic carbocycles. The minimum absolute atomic E-state index is 0.0897. The molecule has 8 heteroatoms. The molecule has 0 radical (unpaired) electrons. The third-order valence-electron chi connectivity index (χ3n) is 8.20. The van der Waals surface area contributed by atoms with Crippen LogP contribution in [-0.4, -0.2) is 55.4 Å². The maximum Gasteiger partial charge on any atom is 0.252 e. The Bertz CT molecular complexity index is 1500. The molecule has 0 saturated carbocycles. The third-order valence-corrected chi connectivity index (χ3v) is 11.4. The van der Waals surface area contributed by atoms with Crippen LogP contribution in [0.2, 0.25) is 0 Å². The number of hydrogen-bond acceptors (Lipinski definition) is 5. The van der Waals surface area contributed by atoms with Gasteiger partial charge in [0.05, 0.1) is 24.0 Å². The van der Waals surface area contributed by atoms with Crippen molar-refractivity contribution in [1.29, 1.82) is 0 Å². The number of amides is 1. The number of rotatable bonds is 6. The number of anilines is 2. The van der Waals surface area contributed by atoms with Crippen molar-refractivity contribution in [3.8, 4) is 0 Å². The Morgan fingerprint density at radius 1 is 0.900 bits per heavy atom. The van der Waals surface area contributed by atoms with E-state index in [2.05, 4.69) is 64.5 Å². The van der Waals surface area contributed by atoms with Gasteiger partial charge in [-0.25, -0.2) is 8.42 Å². The molecule has 2 unspecified atom stereocenters. The molecule has 3 heterocycles. The minimum atomic E-state index is -3.12. The van der Waals surface area contributed by atoms with Gasteiger partial charge in [-0.2, -0.15) is 4.99 Å². The van der Waals surface area contributed by atoms with E-state index in [1.54, 1.807) is 0 Å². The average Bonchev–Trinajstić information content (AvgIpc) is 3.40. The van der Waals surface area contributed by atoms with Crippen molar-refractivity contribution in [1.82, 2.24) is 0 Å². The number of sulfone groups is 1. The van der Waals surface area contributed by atoms with E-state index in [1.807, 2.05) is 36.1 Å². The lowest BCUT2D eigenvalue weighted by atomic mass is 9.90. The number of thioether (sulfide) groups is 1. The highest BCUT2D eigenvalue weighted by Gasteiger charge is 2.49. The van der Waals surface area contributed by atoms with Gasteiger partial charge in [0.15, 0.2) is 15.0 Å². The summed E-state index contributed by atoms with van der Waals surface area (Å²) >= 11 is 1.43. The van der Waals surface area contributed by atoms with Crippen LogP contribution in [0, 0.1) is 12.8 Å². The van der Waals surface area contributed by atoms with Gasteiger partial charge in [-0.05, 0) is 67.5 Å². The van der Waals surface area contributed by atoms with Crippen LogP contribution in [0.5, 0.6) is 0 Å². The zero-order valence-corrected chi connectivity index (χ0v) is 24.4. The fourth-order valence-corrected chi connectivity index (χ4v) is 10.1. The Balaban J connectivity index is 1.16. The molecule has 0 bridgehead atoms. The Hall–Kier alpha value is -3.10. The lowest BCUT2D eigenvalue weighted by Crippen LogP contribution is -2.38. The zero-order chi connectivity index (χ0) is 27.7. The topological polar surface area (TPSA) is 70.0 Å². The maximum atomic E-state index is 13.0. The number of hydrogen-bond donors (Lipinski definition) is 0. The molecule has 40 heavy (non-hydrogen) atoms. The van der Waals surface area contributed by atoms with Gasteiger partial charge < -0.3 is 9.80 Å². The quantitative estimate of drug-likeness (QED) is 0.399. The first kappa shape index (κ1) is 27.1. The fraction of sp³-hybridized carbons (Fsp3) is 0.375. The molecule has 1 amide bonds. The summed E-state index contributed by atoms with van der Waals surface area (Å²) < 4.78 is 24.9. The summed E-state index contributed by atoms with van der Waals surface area (Å²) in [7, 11) is -3.12. The number of carbonyl (C=O) groups excluding carboxylic acids is 1. The molecule has 0 spiro atoms. The largest absolute Gasteiger partial charge is 0.372 e. The minimum Gasteiger partial charge on any atom is -0.372 e.